The van der Waals surface area contributed by atoms with Gasteiger partial charge in [-0.2, -0.15) is 0 Å². The first-order valence-electron chi connectivity index (χ1n) is 11.6. The van der Waals surface area contributed by atoms with Crippen LogP contribution in [0.25, 0.3) is 0 Å². The standard InChI is InChI=1S/C25H30N2O8/c1-2-3-4-5-6-7-8-9-12-35-20-14-17(13-18(15-20)24(29)30)23(28)26-22-11-10-19(27(33)34)16-21(22)25(31)32/h10-11,13-16H,2-9,12H2,1H3,(H,26,28)(H,29,30)(H,31,32). The summed E-state index contributed by atoms with van der Waals surface area (Å²) in [4.78, 5) is 46.0. The third-order valence-electron chi connectivity index (χ3n) is 5.37. The maximum absolute atomic E-state index is 12.8. The molecule has 0 spiro atoms. The largest absolute Gasteiger partial charge is 0.494 e. The first-order valence-corrected chi connectivity index (χ1v) is 11.6. The van der Waals surface area contributed by atoms with Crippen molar-refractivity contribution in [3.63, 3.8) is 0 Å². The fraction of sp³-hybridized carbons (Fsp3) is 0.400. The SMILES string of the molecule is CCCCCCCCCCOc1cc(C(=O)O)cc(C(=O)Nc2ccc([N+](=O)[O-])cc2C(=O)O)c1. The quantitative estimate of drug-likeness (QED) is 0.163. The van der Waals surface area contributed by atoms with Gasteiger partial charge in [0.2, 0.25) is 0 Å². The van der Waals surface area contributed by atoms with E-state index in [1.54, 1.807) is 0 Å². The Labute approximate surface area is 203 Å². The molecule has 0 bridgehead atoms. The second kappa shape index (κ2) is 13.7. The highest BCUT2D eigenvalue weighted by Gasteiger charge is 2.19. The van der Waals surface area contributed by atoms with Crippen molar-refractivity contribution in [1.82, 2.24) is 0 Å². The molecule has 10 nitrogen and oxygen atoms in total. The van der Waals surface area contributed by atoms with Crippen LogP contribution in [0.4, 0.5) is 11.4 Å². The van der Waals surface area contributed by atoms with Gasteiger partial charge in [0.25, 0.3) is 11.6 Å². The topological polar surface area (TPSA) is 156 Å². The first-order chi connectivity index (χ1) is 16.7. The summed E-state index contributed by atoms with van der Waals surface area (Å²) >= 11 is 0. The summed E-state index contributed by atoms with van der Waals surface area (Å²) in [6.07, 6.45) is 8.95. The Hall–Kier alpha value is -3.95. The molecule has 0 saturated carbocycles. The Bertz CT molecular complexity index is 1070. The van der Waals surface area contributed by atoms with Crippen molar-refractivity contribution in [2.24, 2.45) is 0 Å². The lowest BCUT2D eigenvalue weighted by Crippen LogP contribution is -2.16. The number of carbonyl (C=O) groups excluding carboxylic acids is 1. The van der Waals surface area contributed by atoms with Gasteiger partial charge in [0.15, 0.2) is 0 Å². The molecular weight excluding hydrogens is 456 g/mol. The summed E-state index contributed by atoms with van der Waals surface area (Å²) in [5.41, 5.74) is -1.27. The Morgan fingerprint density at radius 1 is 0.886 bits per heavy atom. The number of nitrogens with zero attached hydrogens (tertiary/aromatic N) is 1. The smallest absolute Gasteiger partial charge is 0.338 e. The van der Waals surface area contributed by atoms with Crippen LogP contribution in [-0.4, -0.2) is 39.6 Å². The maximum Gasteiger partial charge on any atom is 0.338 e. The van der Waals surface area contributed by atoms with Crippen LogP contribution in [0.1, 0.15) is 89.4 Å². The number of carbonyl (C=O) groups is 3. The van der Waals surface area contributed by atoms with Gasteiger partial charge in [-0.25, -0.2) is 9.59 Å². The fourth-order valence-corrected chi connectivity index (χ4v) is 3.49. The van der Waals surface area contributed by atoms with Crippen molar-refractivity contribution < 1.29 is 34.3 Å². The Morgan fingerprint density at radius 2 is 1.51 bits per heavy atom. The average molecular weight is 487 g/mol. The van der Waals surface area contributed by atoms with Crippen LogP contribution in [0.15, 0.2) is 36.4 Å². The molecule has 0 aromatic heterocycles. The molecule has 0 atom stereocenters. The summed E-state index contributed by atoms with van der Waals surface area (Å²) in [5.74, 6) is -3.28. The third kappa shape index (κ3) is 8.73. The molecule has 35 heavy (non-hydrogen) atoms. The molecule has 2 rings (SSSR count). The lowest BCUT2D eigenvalue weighted by Gasteiger charge is -2.12. The molecule has 1 amide bonds. The van der Waals surface area contributed by atoms with E-state index in [0.29, 0.717) is 6.61 Å². The van der Waals surface area contributed by atoms with Gasteiger partial charge in [0.05, 0.1) is 28.3 Å². The second-order valence-corrected chi connectivity index (χ2v) is 8.12. The molecule has 3 N–H and O–H groups in total. The predicted octanol–water partition coefficient (Wildman–Crippen LogP) is 5.76. The van der Waals surface area contributed by atoms with Gasteiger partial charge >= 0.3 is 11.9 Å². The average Bonchev–Trinajstić information content (AvgIpc) is 2.82. The van der Waals surface area contributed by atoms with E-state index in [9.17, 15) is 34.7 Å². The minimum Gasteiger partial charge on any atom is -0.494 e. The molecule has 2 aromatic rings. The van der Waals surface area contributed by atoms with Crippen LogP contribution >= 0.6 is 0 Å². The summed E-state index contributed by atoms with van der Waals surface area (Å²) in [6.45, 7) is 2.54. The maximum atomic E-state index is 12.8. The van der Waals surface area contributed by atoms with Gasteiger partial charge in [0.1, 0.15) is 5.75 Å². The number of carboxylic acid groups (broad SMARTS) is 2. The minimum absolute atomic E-state index is 0.0504. The number of aromatic carboxylic acids is 2. The number of nitrogens with one attached hydrogen (secondary N) is 1. The number of nitro benzene ring substituents is 1. The number of nitro groups is 1. The molecule has 0 saturated heterocycles. The number of unbranched alkanes of at least 4 members (excludes halogenated alkanes) is 7. The van der Waals surface area contributed by atoms with Crippen LogP contribution in [-0.2, 0) is 0 Å². The van der Waals surface area contributed by atoms with Gasteiger partial charge in [-0.3, -0.25) is 14.9 Å². The number of anilines is 1. The van der Waals surface area contributed by atoms with Crippen molar-refractivity contribution in [3.8, 4) is 5.75 Å². The van der Waals surface area contributed by atoms with Crippen molar-refractivity contribution >= 4 is 29.2 Å². The highest BCUT2D eigenvalue weighted by molar-refractivity contribution is 6.09. The van der Waals surface area contributed by atoms with E-state index >= 15 is 0 Å². The minimum atomic E-state index is -1.46. The number of carboxylic acids is 2. The molecule has 0 aliphatic rings. The molecule has 188 valence electrons. The zero-order chi connectivity index (χ0) is 25.8. The second-order valence-electron chi connectivity index (χ2n) is 8.12. The molecular formula is C25H30N2O8. The summed E-state index contributed by atoms with van der Waals surface area (Å²) in [7, 11) is 0. The molecule has 0 fully saturated rings. The Morgan fingerprint density at radius 3 is 2.11 bits per heavy atom. The number of ether oxygens (including phenoxy) is 1. The summed E-state index contributed by atoms with van der Waals surface area (Å²) in [5, 5.41) is 32.1. The highest BCUT2D eigenvalue weighted by Crippen LogP contribution is 2.24. The lowest BCUT2D eigenvalue weighted by molar-refractivity contribution is -0.384. The zero-order valence-electron chi connectivity index (χ0n) is 19.6. The lowest BCUT2D eigenvalue weighted by atomic mass is 10.1. The molecule has 10 heteroatoms. The van der Waals surface area contributed by atoms with E-state index in [1.165, 1.54) is 44.2 Å². The Kier molecular flexibility index (Phi) is 10.7. The van der Waals surface area contributed by atoms with Gasteiger partial charge in [-0.15, -0.1) is 0 Å². The van der Waals surface area contributed by atoms with Crippen molar-refractivity contribution in [1.29, 1.82) is 0 Å². The van der Waals surface area contributed by atoms with E-state index in [1.807, 2.05) is 0 Å². The van der Waals surface area contributed by atoms with Crippen LogP contribution < -0.4 is 10.1 Å². The zero-order valence-corrected chi connectivity index (χ0v) is 19.6. The molecule has 0 aliphatic carbocycles. The number of hydrogen-bond acceptors (Lipinski definition) is 6. The number of benzene rings is 2. The summed E-state index contributed by atoms with van der Waals surface area (Å²) < 4.78 is 5.67. The summed E-state index contributed by atoms with van der Waals surface area (Å²) in [6, 6.07) is 6.85. The predicted molar refractivity (Wildman–Crippen MR) is 130 cm³/mol. The molecule has 0 unspecified atom stereocenters. The van der Waals surface area contributed by atoms with Crippen molar-refractivity contribution in [3.05, 3.63) is 63.2 Å². The van der Waals surface area contributed by atoms with Crippen molar-refractivity contribution in [2.75, 3.05) is 11.9 Å². The van der Waals surface area contributed by atoms with Crippen LogP contribution in [0.3, 0.4) is 0 Å². The van der Waals surface area contributed by atoms with E-state index in [-0.39, 0.29) is 22.6 Å². The normalized spacial score (nSPS) is 10.5. The Balaban J connectivity index is 2.06. The van der Waals surface area contributed by atoms with Crippen molar-refractivity contribution in [2.45, 2.75) is 58.3 Å². The molecule has 0 radical (unpaired) electrons. The van der Waals surface area contributed by atoms with Gasteiger partial charge in [-0.05, 0) is 30.7 Å². The molecule has 2 aromatic carbocycles. The van der Waals surface area contributed by atoms with Gasteiger partial charge < -0.3 is 20.3 Å². The number of rotatable bonds is 15. The number of amides is 1. The van der Waals surface area contributed by atoms with Gasteiger partial charge in [-0.1, -0.05) is 51.9 Å². The molecule has 0 aliphatic heterocycles. The van der Waals surface area contributed by atoms with E-state index < -0.39 is 34.0 Å². The van der Waals surface area contributed by atoms with E-state index in [4.69, 9.17) is 4.74 Å². The third-order valence-corrected chi connectivity index (χ3v) is 5.37. The number of hydrogen-bond donors (Lipinski definition) is 3. The number of non-ortho nitro benzene ring substituents is 1. The van der Waals surface area contributed by atoms with Gasteiger partial charge in [0, 0.05) is 17.7 Å². The van der Waals surface area contributed by atoms with Crippen LogP contribution in [0.5, 0.6) is 5.75 Å². The van der Waals surface area contributed by atoms with E-state index in [2.05, 4.69) is 12.2 Å². The highest BCUT2D eigenvalue weighted by atomic mass is 16.6. The van der Waals surface area contributed by atoms with Crippen LogP contribution in [0, 0.1) is 10.1 Å². The van der Waals surface area contributed by atoms with E-state index in [0.717, 1.165) is 43.5 Å². The molecule has 0 heterocycles. The first kappa shape index (κ1) is 27.3. The monoisotopic (exact) mass is 486 g/mol. The fourth-order valence-electron chi connectivity index (χ4n) is 3.49. The van der Waals surface area contributed by atoms with Crippen LogP contribution in [0.2, 0.25) is 0 Å².